The number of hydrogen-bond acceptors (Lipinski definition) is 2. The maximum atomic E-state index is 7.08. The second-order valence-electron chi connectivity index (χ2n) is 10.1. The summed E-state index contributed by atoms with van der Waals surface area (Å²) in [5, 5.41) is 0. The third-order valence-corrected chi connectivity index (χ3v) is 15.8. The molecule has 0 spiro atoms. The van der Waals surface area contributed by atoms with Crippen LogP contribution in [-0.4, -0.2) is 0 Å². The molecule has 4 aromatic carbocycles. The van der Waals surface area contributed by atoms with Gasteiger partial charge in [0.25, 0.3) is 0 Å². The fourth-order valence-corrected chi connectivity index (χ4v) is 13.4. The molecule has 0 unspecified atom stereocenters. The van der Waals surface area contributed by atoms with Crippen LogP contribution in [0.3, 0.4) is 0 Å². The molecule has 2 aliphatic rings. The van der Waals surface area contributed by atoms with Crippen LogP contribution in [0, 0.1) is 0 Å². The van der Waals surface area contributed by atoms with E-state index in [0.29, 0.717) is 0 Å². The molecule has 0 amide bonds. The molecule has 3 heteroatoms. The summed E-state index contributed by atoms with van der Waals surface area (Å²) >= 11 is -4.01. The van der Waals surface area contributed by atoms with Crippen LogP contribution in [0.25, 0.3) is 0 Å². The van der Waals surface area contributed by atoms with Gasteiger partial charge in [0, 0.05) is 0 Å². The molecule has 0 saturated carbocycles. The molecule has 0 aliphatic heterocycles. The molecule has 2 nitrogen and oxygen atoms in total. The van der Waals surface area contributed by atoms with Gasteiger partial charge in [0.2, 0.25) is 0 Å². The van der Waals surface area contributed by atoms with E-state index in [1.807, 2.05) is 0 Å². The van der Waals surface area contributed by atoms with Gasteiger partial charge in [-0.3, -0.25) is 0 Å². The molecular weight excluding hydrogens is 556 g/mol. The molecular formula is C36H32O2Zr. The summed E-state index contributed by atoms with van der Waals surface area (Å²) in [6, 6.07) is 38.3. The van der Waals surface area contributed by atoms with E-state index in [-0.39, 0.29) is 0 Å². The first-order valence-corrected chi connectivity index (χ1v) is 18.1. The zero-order valence-electron chi connectivity index (χ0n) is 22.0. The number of rotatable bonds is 10. The van der Waals surface area contributed by atoms with E-state index in [0.717, 1.165) is 37.2 Å². The first-order valence-electron chi connectivity index (χ1n) is 13.6. The Morgan fingerprint density at radius 3 is 1.21 bits per heavy atom. The van der Waals surface area contributed by atoms with E-state index < -0.39 is 21.1 Å². The second-order valence-corrected chi connectivity index (χ2v) is 17.3. The fourth-order valence-electron chi connectivity index (χ4n) is 5.22. The first-order chi connectivity index (χ1) is 19.3. The Balaban J connectivity index is 1.27. The van der Waals surface area contributed by atoms with Crippen molar-refractivity contribution in [2.75, 3.05) is 0 Å². The molecule has 6 rings (SSSR count). The average Bonchev–Trinajstić information content (AvgIpc) is 3.72. The summed E-state index contributed by atoms with van der Waals surface area (Å²) in [6.07, 6.45) is 16.7. The Labute approximate surface area is 237 Å². The van der Waals surface area contributed by atoms with Gasteiger partial charge < -0.3 is 0 Å². The number of benzene rings is 4. The van der Waals surface area contributed by atoms with Crippen molar-refractivity contribution in [1.29, 1.82) is 0 Å². The number of allylic oxidation sites excluding steroid dienone is 8. The van der Waals surface area contributed by atoms with Gasteiger partial charge in [-0.05, 0) is 0 Å². The summed E-state index contributed by atoms with van der Waals surface area (Å²) in [5.41, 5.74) is 5.16. The molecule has 0 bridgehead atoms. The second kappa shape index (κ2) is 12.0. The minimum absolute atomic E-state index is 0.879. The van der Waals surface area contributed by atoms with Crippen molar-refractivity contribution in [3.63, 3.8) is 0 Å². The summed E-state index contributed by atoms with van der Waals surface area (Å²) in [4.78, 5) is 0. The van der Waals surface area contributed by atoms with E-state index in [1.165, 1.54) is 28.8 Å². The van der Waals surface area contributed by atoms with Crippen LogP contribution < -0.4 is 5.63 Å². The van der Waals surface area contributed by atoms with Crippen LogP contribution >= 0.6 is 0 Å². The quantitative estimate of drug-likeness (QED) is 0.184. The average molecular weight is 588 g/mol. The van der Waals surface area contributed by atoms with Crippen molar-refractivity contribution < 1.29 is 26.8 Å². The normalized spacial score (nSPS) is 14.3. The molecule has 0 N–H and O–H groups in total. The van der Waals surface area contributed by atoms with Crippen molar-refractivity contribution in [2.24, 2.45) is 0 Å². The Morgan fingerprint density at radius 1 is 0.462 bits per heavy atom. The molecule has 0 saturated heterocycles. The Morgan fingerprint density at radius 2 is 0.846 bits per heavy atom. The van der Waals surface area contributed by atoms with E-state index >= 15 is 0 Å². The van der Waals surface area contributed by atoms with Crippen molar-refractivity contribution in [3.8, 4) is 11.5 Å². The van der Waals surface area contributed by atoms with Crippen LogP contribution in [0.15, 0.2) is 152 Å². The number of hydrogen-bond donors (Lipinski definition) is 0. The molecule has 192 valence electrons. The van der Waals surface area contributed by atoms with E-state index in [9.17, 15) is 0 Å². The molecule has 2 aliphatic carbocycles. The van der Waals surface area contributed by atoms with Crippen molar-refractivity contribution in [1.82, 2.24) is 0 Å². The minimum atomic E-state index is -4.01. The Hall–Kier alpha value is -3.68. The zero-order chi connectivity index (χ0) is 26.3. The van der Waals surface area contributed by atoms with Gasteiger partial charge in [-0.15, -0.1) is 0 Å². The van der Waals surface area contributed by atoms with Gasteiger partial charge in [0.05, 0.1) is 0 Å². The molecule has 0 heterocycles. The topological polar surface area (TPSA) is 18.5 Å². The molecule has 0 radical (unpaired) electrons. The Bertz CT molecular complexity index is 1390. The van der Waals surface area contributed by atoms with Crippen molar-refractivity contribution in [3.05, 3.63) is 174 Å². The van der Waals surface area contributed by atoms with Gasteiger partial charge in [0.1, 0.15) is 0 Å². The van der Waals surface area contributed by atoms with Crippen LogP contribution in [-0.2, 0) is 34.0 Å². The predicted octanol–water partition coefficient (Wildman–Crippen LogP) is 9.00. The molecule has 4 aromatic rings. The fraction of sp³-hybridized carbons (Fsp3) is 0.111. The van der Waals surface area contributed by atoms with E-state index in [4.69, 9.17) is 5.63 Å². The summed E-state index contributed by atoms with van der Waals surface area (Å²) in [6.45, 7) is 0. The van der Waals surface area contributed by atoms with Crippen molar-refractivity contribution >= 4 is 0 Å². The first kappa shape index (κ1) is 25.6. The molecule has 0 fully saturated rings. The monoisotopic (exact) mass is 586 g/mol. The van der Waals surface area contributed by atoms with Gasteiger partial charge in [-0.1, -0.05) is 0 Å². The third kappa shape index (κ3) is 6.16. The maximum absolute atomic E-state index is 7.08. The summed E-state index contributed by atoms with van der Waals surface area (Å²) in [5.74, 6) is 1.76. The summed E-state index contributed by atoms with van der Waals surface area (Å²) < 4.78 is 16.8. The molecule has 39 heavy (non-hydrogen) atoms. The molecule has 0 aromatic heterocycles. The van der Waals surface area contributed by atoms with Crippen LogP contribution in [0.4, 0.5) is 0 Å². The van der Waals surface area contributed by atoms with Crippen LogP contribution in [0.2, 0.25) is 0 Å². The van der Waals surface area contributed by atoms with E-state index in [1.54, 1.807) is 0 Å². The zero-order valence-corrected chi connectivity index (χ0v) is 24.5. The predicted molar refractivity (Wildman–Crippen MR) is 156 cm³/mol. The SMILES string of the molecule is C1=CC[C]([Zr]([O]c2ccc(Cc3ccccc3)cc2)([O]c2ccc(Cc3ccccc3)cc2)[C]2=CC=CC2)=C1. The standard InChI is InChI=1S/2C13H12O.2C5H5.Zr/c2*14-13-8-6-12(7-9-13)10-11-4-2-1-3-5-11;2*1-2-4-5-3-1;/h2*1-9,14H,10H2;2*1-3H,4H2;/q;;;;+2/p-2. The Kier molecular flexibility index (Phi) is 7.88. The molecule has 0 atom stereocenters. The van der Waals surface area contributed by atoms with Crippen LogP contribution in [0.5, 0.6) is 11.5 Å². The summed E-state index contributed by atoms with van der Waals surface area (Å²) in [7, 11) is 0. The van der Waals surface area contributed by atoms with Gasteiger partial charge in [0.15, 0.2) is 0 Å². The van der Waals surface area contributed by atoms with Gasteiger partial charge in [-0.25, -0.2) is 0 Å². The van der Waals surface area contributed by atoms with Gasteiger partial charge >= 0.3 is 238 Å². The van der Waals surface area contributed by atoms with Crippen molar-refractivity contribution in [2.45, 2.75) is 25.7 Å². The van der Waals surface area contributed by atoms with E-state index in [2.05, 4.69) is 146 Å². The third-order valence-electron chi connectivity index (χ3n) is 7.26. The van der Waals surface area contributed by atoms with Gasteiger partial charge in [-0.2, -0.15) is 0 Å². The van der Waals surface area contributed by atoms with Crippen LogP contribution in [0.1, 0.15) is 35.1 Å².